The molecule has 0 saturated heterocycles. The molecule has 0 fully saturated rings. The second kappa shape index (κ2) is 6.63. The molecule has 0 aliphatic heterocycles. The minimum absolute atomic E-state index is 0.158. The van der Waals surface area contributed by atoms with Gasteiger partial charge in [0.25, 0.3) is 0 Å². The lowest BCUT2D eigenvalue weighted by Crippen LogP contribution is -2.21. The van der Waals surface area contributed by atoms with Gasteiger partial charge in [0.2, 0.25) is 0 Å². The first-order valence-corrected chi connectivity index (χ1v) is 6.49. The Morgan fingerprint density at radius 1 is 1.05 bits per heavy atom. The maximum absolute atomic E-state index is 13.8. The van der Waals surface area contributed by atoms with E-state index < -0.39 is 23.5 Å². The Hall–Kier alpha value is -2.01. The van der Waals surface area contributed by atoms with Gasteiger partial charge in [-0.1, -0.05) is 12.1 Å². The molecule has 0 aliphatic rings. The molecule has 0 saturated carbocycles. The Kier molecular flexibility index (Phi) is 4.85. The van der Waals surface area contributed by atoms with Gasteiger partial charge in [0.15, 0.2) is 0 Å². The maximum Gasteiger partial charge on any atom is 0.133 e. The molecule has 0 bridgehead atoms. The van der Waals surface area contributed by atoms with Gasteiger partial charge in [0, 0.05) is 23.7 Å². The zero-order valence-corrected chi connectivity index (χ0v) is 11.8. The van der Waals surface area contributed by atoms with Gasteiger partial charge in [0.05, 0.1) is 7.11 Å². The number of hydrogen-bond donors (Lipinski definition) is 1. The van der Waals surface area contributed by atoms with E-state index in [9.17, 15) is 13.2 Å². The third-order valence-corrected chi connectivity index (χ3v) is 3.34. The Labute approximate surface area is 121 Å². The number of nitrogens with one attached hydrogen (secondary N) is 1. The normalized spacial score (nSPS) is 12.2. The van der Waals surface area contributed by atoms with E-state index in [1.807, 2.05) is 12.1 Å². The summed E-state index contributed by atoms with van der Waals surface area (Å²) in [6.45, 7) is 0. The highest BCUT2D eigenvalue weighted by Crippen LogP contribution is 2.25. The van der Waals surface area contributed by atoms with Gasteiger partial charge in [-0.05, 0) is 31.2 Å². The second-order valence-electron chi connectivity index (χ2n) is 4.68. The van der Waals surface area contributed by atoms with Crippen LogP contribution in [-0.4, -0.2) is 14.2 Å². The van der Waals surface area contributed by atoms with Crippen molar-refractivity contribution in [3.8, 4) is 5.75 Å². The molecule has 2 nitrogen and oxygen atoms in total. The number of rotatable bonds is 5. The van der Waals surface area contributed by atoms with Gasteiger partial charge in [-0.3, -0.25) is 0 Å². The molecule has 0 aliphatic carbocycles. The second-order valence-corrected chi connectivity index (χ2v) is 4.68. The zero-order chi connectivity index (χ0) is 15.4. The number of methoxy groups -OCH3 is 1. The van der Waals surface area contributed by atoms with E-state index in [-0.39, 0.29) is 5.56 Å². The lowest BCUT2D eigenvalue weighted by Gasteiger charge is -2.18. The number of halogens is 3. The smallest absolute Gasteiger partial charge is 0.133 e. The van der Waals surface area contributed by atoms with Crippen LogP contribution in [0.5, 0.6) is 5.75 Å². The Morgan fingerprint density at radius 3 is 2.10 bits per heavy atom. The van der Waals surface area contributed by atoms with Crippen LogP contribution < -0.4 is 10.1 Å². The van der Waals surface area contributed by atoms with E-state index in [0.29, 0.717) is 24.3 Å². The van der Waals surface area contributed by atoms with Crippen molar-refractivity contribution in [2.45, 2.75) is 12.5 Å². The summed E-state index contributed by atoms with van der Waals surface area (Å²) in [6, 6.07) is 8.00. The van der Waals surface area contributed by atoms with Crippen molar-refractivity contribution in [3.05, 3.63) is 65.0 Å². The lowest BCUT2D eigenvalue weighted by atomic mass is 9.98. The molecule has 21 heavy (non-hydrogen) atoms. The molecular formula is C16H16F3NO. The molecule has 2 aromatic rings. The quantitative estimate of drug-likeness (QED) is 0.909. The molecule has 1 unspecified atom stereocenters. The van der Waals surface area contributed by atoms with E-state index in [1.165, 1.54) is 0 Å². The van der Waals surface area contributed by atoms with Crippen molar-refractivity contribution in [2.24, 2.45) is 0 Å². The largest absolute Gasteiger partial charge is 0.497 e. The van der Waals surface area contributed by atoms with E-state index >= 15 is 0 Å². The van der Waals surface area contributed by atoms with Gasteiger partial charge in [0.1, 0.15) is 23.2 Å². The van der Waals surface area contributed by atoms with Crippen molar-refractivity contribution >= 4 is 0 Å². The molecule has 0 spiro atoms. The third kappa shape index (κ3) is 3.55. The van der Waals surface area contributed by atoms with Crippen molar-refractivity contribution in [1.82, 2.24) is 5.32 Å². The molecule has 2 rings (SSSR count). The van der Waals surface area contributed by atoms with Crippen LogP contribution in [0.4, 0.5) is 13.2 Å². The summed E-state index contributed by atoms with van der Waals surface area (Å²) in [5.41, 5.74) is 0.730. The fraction of sp³-hybridized carbons (Fsp3) is 0.250. The summed E-state index contributed by atoms with van der Waals surface area (Å²) >= 11 is 0. The van der Waals surface area contributed by atoms with Crippen LogP contribution >= 0.6 is 0 Å². The van der Waals surface area contributed by atoms with E-state index in [0.717, 1.165) is 5.56 Å². The van der Waals surface area contributed by atoms with Gasteiger partial charge in [-0.25, -0.2) is 13.2 Å². The van der Waals surface area contributed by atoms with Crippen molar-refractivity contribution < 1.29 is 17.9 Å². The molecule has 2 aromatic carbocycles. The number of ether oxygens (including phenoxy) is 1. The summed E-state index contributed by atoms with van der Waals surface area (Å²) < 4.78 is 45.7. The number of likely N-dealkylation sites (N-methyl/N-ethyl adjacent to an activating group) is 1. The first-order chi connectivity index (χ1) is 10.0. The van der Waals surface area contributed by atoms with Crippen LogP contribution in [-0.2, 0) is 6.42 Å². The Morgan fingerprint density at radius 2 is 1.62 bits per heavy atom. The number of benzene rings is 2. The van der Waals surface area contributed by atoms with Crippen LogP contribution in [0, 0.1) is 17.5 Å². The van der Waals surface area contributed by atoms with Crippen LogP contribution in [0.2, 0.25) is 0 Å². The van der Waals surface area contributed by atoms with Gasteiger partial charge in [-0.15, -0.1) is 0 Å². The predicted molar refractivity (Wildman–Crippen MR) is 74.8 cm³/mol. The fourth-order valence-electron chi connectivity index (χ4n) is 2.23. The summed E-state index contributed by atoms with van der Waals surface area (Å²) in [5.74, 6) is -1.99. The SMILES string of the molecule is CNC(Cc1ccc(OC)cc1)c1c(F)cc(F)cc1F. The minimum Gasteiger partial charge on any atom is -0.497 e. The molecule has 0 radical (unpaired) electrons. The Balaban J connectivity index is 2.27. The summed E-state index contributed by atoms with van der Waals surface area (Å²) in [5, 5.41) is 2.86. The van der Waals surface area contributed by atoms with Gasteiger partial charge < -0.3 is 10.1 Å². The monoisotopic (exact) mass is 295 g/mol. The standard InChI is InChI=1S/C16H16F3NO/c1-20-15(7-10-3-5-12(21-2)6-4-10)16-13(18)8-11(17)9-14(16)19/h3-6,8-9,15,20H,7H2,1-2H3. The predicted octanol–water partition coefficient (Wildman–Crippen LogP) is 3.62. The molecular weight excluding hydrogens is 279 g/mol. The van der Waals surface area contributed by atoms with Gasteiger partial charge in [-0.2, -0.15) is 0 Å². The topological polar surface area (TPSA) is 21.3 Å². The van der Waals surface area contributed by atoms with Crippen LogP contribution in [0.15, 0.2) is 36.4 Å². The van der Waals surface area contributed by atoms with Crippen LogP contribution in [0.25, 0.3) is 0 Å². The summed E-state index contributed by atoms with van der Waals surface area (Å²) in [7, 11) is 3.17. The zero-order valence-electron chi connectivity index (χ0n) is 11.8. The number of hydrogen-bond acceptors (Lipinski definition) is 2. The van der Waals surface area contributed by atoms with E-state index in [1.54, 1.807) is 26.3 Å². The highest BCUT2D eigenvalue weighted by atomic mass is 19.1. The average molecular weight is 295 g/mol. The third-order valence-electron chi connectivity index (χ3n) is 3.34. The molecule has 5 heteroatoms. The molecule has 0 heterocycles. The van der Waals surface area contributed by atoms with Crippen molar-refractivity contribution in [3.63, 3.8) is 0 Å². The van der Waals surface area contributed by atoms with Crippen LogP contribution in [0.1, 0.15) is 17.2 Å². The van der Waals surface area contributed by atoms with E-state index in [4.69, 9.17) is 4.74 Å². The lowest BCUT2D eigenvalue weighted by molar-refractivity contribution is 0.414. The average Bonchev–Trinajstić information content (AvgIpc) is 2.45. The molecule has 112 valence electrons. The van der Waals surface area contributed by atoms with Crippen molar-refractivity contribution in [1.29, 1.82) is 0 Å². The Bertz CT molecular complexity index is 590. The fourth-order valence-corrected chi connectivity index (χ4v) is 2.23. The highest BCUT2D eigenvalue weighted by molar-refractivity contribution is 5.30. The van der Waals surface area contributed by atoms with Gasteiger partial charge >= 0.3 is 0 Å². The molecule has 1 N–H and O–H groups in total. The van der Waals surface area contributed by atoms with E-state index in [2.05, 4.69) is 5.32 Å². The van der Waals surface area contributed by atoms with Crippen LogP contribution in [0.3, 0.4) is 0 Å². The first-order valence-electron chi connectivity index (χ1n) is 6.49. The maximum atomic E-state index is 13.8. The summed E-state index contributed by atoms with van der Waals surface area (Å²) in [4.78, 5) is 0. The minimum atomic E-state index is -0.923. The first kappa shape index (κ1) is 15.4. The van der Waals surface area contributed by atoms with Crippen molar-refractivity contribution in [2.75, 3.05) is 14.2 Å². The molecule has 0 amide bonds. The molecule has 1 atom stereocenters. The molecule has 0 aromatic heterocycles. The highest BCUT2D eigenvalue weighted by Gasteiger charge is 2.20. The summed E-state index contributed by atoms with van der Waals surface area (Å²) in [6.07, 6.45) is 0.375.